The van der Waals surface area contributed by atoms with E-state index in [1.165, 1.54) is 16.7 Å². The number of amides is 1. The smallest absolute Gasteiger partial charge is 0.219 e. The van der Waals surface area contributed by atoms with Gasteiger partial charge in [-0.25, -0.2) is 0 Å². The molecule has 0 fully saturated rings. The Kier molecular flexibility index (Phi) is 4.65. The van der Waals surface area contributed by atoms with Crippen LogP contribution in [-0.4, -0.2) is 17.9 Å². The Hall–Kier alpha value is -1.51. The lowest BCUT2D eigenvalue weighted by Gasteiger charge is -2.36. The molecule has 0 bridgehead atoms. The summed E-state index contributed by atoms with van der Waals surface area (Å²) in [5.41, 5.74) is 3.68. The van der Waals surface area contributed by atoms with E-state index in [1.807, 2.05) is 36.2 Å². The summed E-state index contributed by atoms with van der Waals surface area (Å²) in [6.07, 6.45) is 1.93. The summed E-state index contributed by atoms with van der Waals surface area (Å²) in [5, 5.41) is 1.17. The van der Waals surface area contributed by atoms with Crippen molar-refractivity contribution in [1.29, 1.82) is 0 Å². The van der Waals surface area contributed by atoms with Crippen LogP contribution in [0.3, 0.4) is 0 Å². The van der Waals surface area contributed by atoms with Crippen LogP contribution in [0, 0.1) is 0 Å². The molecule has 2 aromatic rings. The molecule has 2 atom stereocenters. The van der Waals surface area contributed by atoms with Gasteiger partial charge in [0, 0.05) is 19.9 Å². The molecule has 2 nitrogen and oxygen atoms in total. The lowest BCUT2D eigenvalue weighted by molar-refractivity contribution is -0.130. The lowest BCUT2D eigenvalue weighted by atomic mass is 9.76. The van der Waals surface area contributed by atoms with Crippen molar-refractivity contribution in [3.63, 3.8) is 0 Å². The Morgan fingerprint density at radius 1 is 1.04 bits per heavy atom. The van der Waals surface area contributed by atoms with Crippen LogP contribution in [-0.2, 0) is 4.79 Å². The van der Waals surface area contributed by atoms with Crippen molar-refractivity contribution in [3.8, 4) is 0 Å². The fraction of sp³-hybridized carbons (Fsp3) is 0.316. The maximum absolute atomic E-state index is 11.8. The predicted octanol–water partition coefficient (Wildman–Crippen LogP) is 5.44. The van der Waals surface area contributed by atoms with Crippen molar-refractivity contribution >= 4 is 29.1 Å². The van der Waals surface area contributed by atoms with E-state index in [1.54, 1.807) is 6.92 Å². The van der Waals surface area contributed by atoms with Crippen molar-refractivity contribution in [2.24, 2.45) is 0 Å². The van der Waals surface area contributed by atoms with Gasteiger partial charge in [0.05, 0.1) is 16.1 Å². The van der Waals surface area contributed by atoms with Crippen LogP contribution in [0.25, 0.3) is 0 Å². The first kappa shape index (κ1) is 16.4. The first-order valence-electron chi connectivity index (χ1n) is 7.76. The number of halogens is 2. The average molecular weight is 348 g/mol. The molecule has 1 aliphatic carbocycles. The second-order valence-corrected chi connectivity index (χ2v) is 6.89. The number of hydrogen-bond donors (Lipinski definition) is 0. The van der Waals surface area contributed by atoms with Gasteiger partial charge in [0.15, 0.2) is 0 Å². The fourth-order valence-electron chi connectivity index (χ4n) is 3.46. The quantitative estimate of drug-likeness (QED) is 0.708. The van der Waals surface area contributed by atoms with E-state index >= 15 is 0 Å². The molecule has 2 aromatic carbocycles. The molecule has 0 saturated carbocycles. The zero-order chi connectivity index (χ0) is 16.6. The Morgan fingerprint density at radius 3 is 2.39 bits per heavy atom. The third kappa shape index (κ3) is 3.11. The van der Waals surface area contributed by atoms with Gasteiger partial charge in [0.25, 0.3) is 0 Å². The van der Waals surface area contributed by atoms with Gasteiger partial charge in [0.1, 0.15) is 0 Å². The summed E-state index contributed by atoms with van der Waals surface area (Å²) in [6.45, 7) is 1.62. The van der Waals surface area contributed by atoms with E-state index in [-0.39, 0.29) is 17.9 Å². The number of fused-ring (bicyclic) bond motifs is 1. The zero-order valence-corrected chi connectivity index (χ0v) is 14.7. The van der Waals surface area contributed by atoms with Gasteiger partial charge in [-0.15, -0.1) is 0 Å². The Morgan fingerprint density at radius 2 is 1.74 bits per heavy atom. The van der Waals surface area contributed by atoms with E-state index in [2.05, 4.69) is 18.2 Å². The number of rotatable bonds is 2. The number of carbonyl (C=O) groups is 1. The highest BCUT2D eigenvalue weighted by molar-refractivity contribution is 6.42. The molecule has 1 amide bonds. The highest BCUT2D eigenvalue weighted by Gasteiger charge is 2.31. The molecule has 0 N–H and O–H groups in total. The minimum absolute atomic E-state index is 0.0952. The van der Waals surface area contributed by atoms with Crippen LogP contribution in [0.2, 0.25) is 10.0 Å². The fourth-order valence-corrected chi connectivity index (χ4v) is 3.77. The van der Waals surface area contributed by atoms with E-state index in [9.17, 15) is 4.79 Å². The summed E-state index contributed by atoms with van der Waals surface area (Å²) in [4.78, 5) is 13.6. The number of carbonyl (C=O) groups excluding carboxylic acids is 1. The molecule has 1 aliphatic rings. The monoisotopic (exact) mass is 347 g/mol. The minimum atomic E-state index is 0.0952. The molecule has 0 aliphatic heterocycles. The van der Waals surface area contributed by atoms with Gasteiger partial charge >= 0.3 is 0 Å². The maximum Gasteiger partial charge on any atom is 0.219 e. The molecule has 0 unspecified atom stereocenters. The lowest BCUT2D eigenvalue weighted by Crippen LogP contribution is -2.32. The summed E-state index contributed by atoms with van der Waals surface area (Å²) in [6, 6.07) is 14.4. The van der Waals surface area contributed by atoms with Crippen LogP contribution in [0.1, 0.15) is 48.4 Å². The molecular weight excluding hydrogens is 329 g/mol. The van der Waals surface area contributed by atoms with E-state index in [0.717, 1.165) is 12.8 Å². The summed E-state index contributed by atoms with van der Waals surface area (Å²) >= 11 is 12.2. The third-order valence-corrected chi connectivity index (χ3v) is 5.51. The molecule has 3 rings (SSSR count). The van der Waals surface area contributed by atoms with Gasteiger partial charge in [0.2, 0.25) is 5.91 Å². The van der Waals surface area contributed by atoms with Gasteiger partial charge in [-0.2, -0.15) is 0 Å². The van der Waals surface area contributed by atoms with Crippen molar-refractivity contribution < 1.29 is 4.79 Å². The Balaban J connectivity index is 2.03. The topological polar surface area (TPSA) is 20.3 Å². The van der Waals surface area contributed by atoms with E-state index in [0.29, 0.717) is 10.0 Å². The number of hydrogen-bond acceptors (Lipinski definition) is 1. The maximum atomic E-state index is 11.8. The molecule has 4 heteroatoms. The standard InChI is InChI=1S/C19H19Cl2NO/c1-12(23)22(2)19-10-8-14(15-5-3-4-6-16(15)19)13-7-9-17(20)18(21)11-13/h3-7,9,11,14,19H,8,10H2,1-2H3/t14-,19-/m0/s1. The number of nitrogens with zero attached hydrogens (tertiary/aromatic N) is 1. The van der Waals surface area contributed by atoms with Gasteiger partial charge in [-0.05, 0) is 41.7 Å². The molecule has 0 saturated heterocycles. The van der Waals surface area contributed by atoms with Crippen LogP contribution in [0.5, 0.6) is 0 Å². The summed E-state index contributed by atoms with van der Waals surface area (Å²) in [5.74, 6) is 0.385. The van der Waals surface area contributed by atoms with Crippen LogP contribution >= 0.6 is 23.2 Å². The van der Waals surface area contributed by atoms with Crippen LogP contribution < -0.4 is 0 Å². The second-order valence-electron chi connectivity index (χ2n) is 6.08. The highest BCUT2D eigenvalue weighted by Crippen LogP contribution is 2.44. The molecule has 0 spiro atoms. The highest BCUT2D eigenvalue weighted by atomic mass is 35.5. The molecule has 120 valence electrons. The average Bonchev–Trinajstić information content (AvgIpc) is 2.55. The minimum Gasteiger partial charge on any atom is -0.339 e. The molecule has 23 heavy (non-hydrogen) atoms. The Labute approximate surface area is 147 Å². The van der Waals surface area contributed by atoms with Gasteiger partial charge in [-0.3, -0.25) is 4.79 Å². The second kappa shape index (κ2) is 6.54. The first-order valence-corrected chi connectivity index (χ1v) is 8.51. The predicted molar refractivity (Wildman–Crippen MR) is 95.2 cm³/mol. The Bertz CT molecular complexity index is 744. The van der Waals surface area contributed by atoms with E-state index < -0.39 is 0 Å². The molecule has 0 radical (unpaired) electrons. The van der Waals surface area contributed by atoms with Crippen molar-refractivity contribution in [2.45, 2.75) is 31.7 Å². The van der Waals surface area contributed by atoms with Gasteiger partial charge in [-0.1, -0.05) is 53.5 Å². The normalized spacial score (nSPS) is 20.0. The van der Waals surface area contributed by atoms with Crippen molar-refractivity contribution in [3.05, 3.63) is 69.2 Å². The number of benzene rings is 2. The van der Waals surface area contributed by atoms with Crippen LogP contribution in [0.15, 0.2) is 42.5 Å². The van der Waals surface area contributed by atoms with Crippen LogP contribution in [0.4, 0.5) is 0 Å². The third-order valence-electron chi connectivity index (χ3n) is 4.77. The van der Waals surface area contributed by atoms with Crippen molar-refractivity contribution in [2.75, 3.05) is 7.05 Å². The van der Waals surface area contributed by atoms with E-state index in [4.69, 9.17) is 23.2 Å². The van der Waals surface area contributed by atoms with Gasteiger partial charge < -0.3 is 4.90 Å². The SMILES string of the molecule is CC(=O)N(C)[C@H]1CC[C@@H](c2ccc(Cl)c(Cl)c2)c2ccccc21. The first-order chi connectivity index (χ1) is 11.0. The molecule has 0 heterocycles. The largest absolute Gasteiger partial charge is 0.339 e. The van der Waals surface area contributed by atoms with Crippen molar-refractivity contribution in [1.82, 2.24) is 4.90 Å². The molecule has 0 aromatic heterocycles. The summed E-state index contributed by atoms with van der Waals surface area (Å²) < 4.78 is 0. The zero-order valence-electron chi connectivity index (χ0n) is 13.2. The summed E-state index contributed by atoms with van der Waals surface area (Å²) in [7, 11) is 1.88. The molecular formula is C19H19Cl2NO.